The second-order valence-electron chi connectivity index (χ2n) is 8.11. The Morgan fingerprint density at radius 2 is 1.97 bits per heavy atom. The number of anilines is 2. The Kier molecular flexibility index (Phi) is 4.91. The van der Waals surface area contributed by atoms with Gasteiger partial charge in [-0.05, 0) is 49.2 Å². The van der Waals surface area contributed by atoms with E-state index in [-0.39, 0.29) is 23.4 Å². The van der Waals surface area contributed by atoms with Crippen LogP contribution in [0.5, 0.6) is 5.75 Å². The smallest absolute Gasteiger partial charge is 0.422 e. The lowest BCUT2D eigenvalue weighted by Gasteiger charge is -2.38. The van der Waals surface area contributed by atoms with Crippen LogP contribution in [-0.4, -0.2) is 50.9 Å². The van der Waals surface area contributed by atoms with E-state index in [9.17, 15) is 17.6 Å². The number of halogens is 4. The SMILES string of the molecule is Cc1cc(N2C[C@H]3CC[C@@H](C2)C3Nc2nc3c(OCC(F)(F)F)cc(F)cn3n2)sn1. The Labute approximate surface area is 179 Å². The van der Waals surface area contributed by atoms with Crippen molar-refractivity contribution in [2.45, 2.75) is 32.0 Å². The third kappa shape index (κ3) is 4.12. The Morgan fingerprint density at radius 1 is 1.23 bits per heavy atom. The first-order valence-corrected chi connectivity index (χ1v) is 10.7. The Balaban J connectivity index is 1.34. The van der Waals surface area contributed by atoms with Crippen LogP contribution >= 0.6 is 11.5 Å². The molecular weight excluding hydrogens is 436 g/mol. The number of nitrogens with one attached hydrogen (secondary N) is 1. The van der Waals surface area contributed by atoms with Crippen molar-refractivity contribution in [3.8, 4) is 5.75 Å². The van der Waals surface area contributed by atoms with Crippen LogP contribution in [0.1, 0.15) is 18.5 Å². The van der Waals surface area contributed by atoms with E-state index in [0.29, 0.717) is 11.8 Å². The average Bonchev–Trinajstić information content (AvgIpc) is 3.35. The van der Waals surface area contributed by atoms with Crippen LogP contribution in [0.4, 0.5) is 28.5 Å². The predicted molar refractivity (Wildman–Crippen MR) is 107 cm³/mol. The summed E-state index contributed by atoms with van der Waals surface area (Å²) in [6.07, 6.45) is -1.33. The minimum Gasteiger partial charge on any atom is -0.480 e. The summed E-state index contributed by atoms with van der Waals surface area (Å²) >= 11 is 1.50. The summed E-state index contributed by atoms with van der Waals surface area (Å²) in [6.45, 7) is 2.23. The molecule has 1 N–H and O–H groups in total. The van der Waals surface area contributed by atoms with Gasteiger partial charge in [0, 0.05) is 25.2 Å². The minimum absolute atomic E-state index is 0.0399. The molecule has 3 aromatic heterocycles. The van der Waals surface area contributed by atoms with Gasteiger partial charge in [0.2, 0.25) is 5.95 Å². The average molecular weight is 456 g/mol. The summed E-state index contributed by atoms with van der Waals surface area (Å²) in [4.78, 5) is 6.65. The number of nitrogens with zero attached hydrogens (tertiary/aromatic N) is 5. The van der Waals surface area contributed by atoms with E-state index in [1.165, 1.54) is 16.5 Å². The quantitative estimate of drug-likeness (QED) is 0.588. The van der Waals surface area contributed by atoms with Gasteiger partial charge in [0.25, 0.3) is 0 Å². The number of pyridine rings is 1. The van der Waals surface area contributed by atoms with Crippen molar-refractivity contribution in [3.05, 3.63) is 29.8 Å². The van der Waals surface area contributed by atoms with E-state index in [1.807, 2.05) is 6.92 Å². The molecule has 0 radical (unpaired) electrons. The molecule has 166 valence electrons. The van der Waals surface area contributed by atoms with Crippen molar-refractivity contribution in [2.75, 3.05) is 29.9 Å². The molecule has 5 rings (SSSR count). The van der Waals surface area contributed by atoms with Gasteiger partial charge in [0.1, 0.15) is 10.8 Å². The molecule has 2 aliphatic rings. The van der Waals surface area contributed by atoms with Crippen LogP contribution < -0.4 is 15.0 Å². The van der Waals surface area contributed by atoms with Gasteiger partial charge in [-0.25, -0.2) is 8.91 Å². The zero-order chi connectivity index (χ0) is 21.8. The van der Waals surface area contributed by atoms with Crippen LogP contribution in [0.15, 0.2) is 18.3 Å². The van der Waals surface area contributed by atoms with Gasteiger partial charge in [0.15, 0.2) is 18.0 Å². The molecule has 12 heteroatoms. The van der Waals surface area contributed by atoms with E-state index in [0.717, 1.165) is 48.4 Å². The van der Waals surface area contributed by atoms with Crippen molar-refractivity contribution in [1.29, 1.82) is 0 Å². The monoisotopic (exact) mass is 456 g/mol. The molecule has 0 amide bonds. The van der Waals surface area contributed by atoms with Crippen molar-refractivity contribution >= 4 is 28.1 Å². The molecule has 0 spiro atoms. The van der Waals surface area contributed by atoms with Crippen molar-refractivity contribution < 1.29 is 22.3 Å². The van der Waals surface area contributed by atoms with Crippen LogP contribution in [0.25, 0.3) is 5.65 Å². The maximum absolute atomic E-state index is 13.8. The molecule has 1 saturated carbocycles. The van der Waals surface area contributed by atoms with Gasteiger partial charge in [0.05, 0.1) is 11.9 Å². The predicted octanol–water partition coefficient (Wildman–Crippen LogP) is 3.90. The Bertz CT molecular complexity index is 1080. The molecule has 0 aromatic carbocycles. The zero-order valence-electron chi connectivity index (χ0n) is 16.6. The highest BCUT2D eigenvalue weighted by atomic mass is 32.1. The molecule has 3 aromatic rings. The van der Waals surface area contributed by atoms with Crippen LogP contribution in [0.2, 0.25) is 0 Å². The standard InChI is InChI=1S/C19H20F4N6OS/c1-10-4-15(31-27-10)28-6-11-2-3-12(7-28)16(11)24-18-25-17-14(30-9-19(21,22)23)5-13(20)8-29(17)26-18/h4-5,8,11-12,16H,2-3,6-7,9H2,1H3,(H,24,26)/t11-,12+,16?. The first-order chi connectivity index (χ1) is 14.7. The molecule has 2 fully saturated rings. The Hall–Kier alpha value is -2.63. The van der Waals surface area contributed by atoms with E-state index in [4.69, 9.17) is 4.74 Å². The van der Waals surface area contributed by atoms with Crippen molar-refractivity contribution in [3.63, 3.8) is 0 Å². The molecule has 1 saturated heterocycles. The molecule has 31 heavy (non-hydrogen) atoms. The number of fused-ring (bicyclic) bond motifs is 3. The summed E-state index contributed by atoms with van der Waals surface area (Å²) < 4.78 is 61.7. The highest BCUT2D eigenvalue weighted by Gasteiger charge is 2.43. The van der Waals surface area contributed by atoms with E-state index < -0.39 is 18.6 Å². The summed E-state index contributed by atoms with van der Waals surface area (Å²) in [7, 11) is 0. The first kappa shape index (κ1) is 20.3. The van der Waals surface area contributed by atoms with Gasteiger partial charge in [-0.3, -0.25) is 0 Å². The fourth-order valence-electron chi connectivity index (χ4n) is 4.54. The van der Waals surface area contributed by atoms with Crippen molar-refractivity contribution in [2.24, 2.45) is 11.8 Å². The largest absolute Gasteiger partial charge is 0.480 e. The second kappa shape index (κ2) is 7.50. The number of ether oxygens (including phenoxy) is 1. The third-order valence-corrected chi connectivity index (χ3v) is 6.76. The third-order valence-electron chi connectivity index (χ3n) is 5.81. The van der Waals surface area contributed by atoms with Gasteiger partial charge >= 0.3 is 6.18 Å². The maximum Gasteiger partial charge on any atom is 0.422 e. The Morgan fingerprint density at radius 3 is 2.61 bits per heavy atom. The number of hydrogen-bond donors (Lipinski definition) is 1. The lowest BCUT2D eigenvalue weighted by molar-refractivity contribution is -0.153. The summed E-state index contributed by atoms with van der Waals surface area (Å²) in [6, 6.07) is 3.13. The lowest BCUT2D eigenvalue weighted by atomic mass is 9.92. The lowest BCUT2D eigenvalue weighted by Crippen LogP contribution is -2.48. The molecular formula is C19H20F4N6OS. The highest BCUT2D eigenvalue weighted by molar-refractivity contribution is 7.10. The van der Waals surface area contributed by atoms with Crippen LogP contribution in [-0.2, 0) is 0 Å². The van der Waals surface area contributed by atoms with Crippen LogP contribution in [0, 0.1) is 24.6 Å². The van der Waals surface area contributed by atoms with Crippen molar-refractivity contribution in [1.82, 2.24) is 19.0 Å². The number of aryl methyl sites for hydroxylation is 1. The number of hydrogen-bond acceptors (Lipinski definition) is 7. The van der Waals surface area contributed by atoms with E-state index in [2.05, 4.69) is 30.7 Å². The molecule has 1 aliphatic heterocycles. The normalized spacial score (nSPS) is 23.5. The van der Waals surface area contributed by atoms with Gasteiger partial charge in [-0.1, -0.05) is 0 Å². The fraction of sp³-hybridized carbons (Fsp3) is 0.526. The molecule has 4 heterocycles. The van der Waals surface area contributed by atoms with Gasteiger partial charge in [-0.2, -0.15) is 22.5 Å². The topological polar surface area (TPSA) is 67.6 Å². The molecule has 3 atom stereocenters. The number of aromatic nitrogens is 4. The fourth-order valence-corrected chi connectivity index (χ4v) is 5.32. The first-order valence-electron chi connectivity index (χ1n) is 9.95. The molecule has 1 aliphatic carbocycles. The molecule has 2 bridgehead atoms. The highest BCUT2D eigenvalue weighted by Crippen LogP contribution is 2.41. The molecule has 1 unspecified atom stereocenters. The van der Waals surface area contributed by atoms with Gasteiger partial charge in [-0.15, -0.1) is 5.10 Å². The summed E-state index contributed by atoms with van der Waals surface area (Å²) in [5.74, 6) is -0.0343. The number of rotatable bonds is 5. The van der Waals surface area contributed by atoms with Crippen LogP contribution in [0.3, 0.4) is 0 Å². The van der Waals surface area contributed by atoms with E-state index >= 15 is 0 Å². The second-order valence-corrected chi connectivity index (χ2v) is 8.89. The minimum atomic E-state index is -4.53. The summed E-state index contributed by atoms with van der Waals surface area (Å²) in [5.41, 5.74) is 1.05. The van der Waals surface area contributed by atoms with Gasteiger partial charge < -0.3 is 15.0 Å². The number of alkyl halides is 3. The summed E-state index contributed by atoms with van der Waals surface area (Å²) in [5, 5.41) is 8.74. The zero-order valence-corrected chi connectivity index (χ0v) is 17.4. The number of piperidine rings is 1. The van der Waals surface area contributed by atoms with E-state index in [1.54, 1.807) is 0 Å². The molecule has 7 nitrogen and oxygen atoms in total. The maximum atomic E-state index is 13.8.